The first-order valence-electron chi connectivity index (χ1n) is 8.10. The highest BCUT2D eigenvalue weighted by atomic mass is 35.5. The first-order valence-corrected chi connectivity index (χ1v) is 8.48. The zero-order valence-corrected chi connectivity index (χ0v) is 13.9. The maximum absolute atomic E-state index is 12.7. The third-order valence-corrected chi connectivity index (χ3v) is 4.93. The van der Waals surface area contributed by atoms with Gasteiger partial charge in [0.05, 0.1) is 5.41 Å². The summed E-state index contributed by atoms with van der Waals surface area (Å²) in [5.74, 6) is 1.56. The predicted molar refractivity (Wildman–Crippen MR) is 91.6 cm³/mol. The molecule has 0 aromatic heterocycles. The molecule has 2 aromatic rings. The smallest absolute Gasteiger partial charge is 0.231 e. The van der Waals surface area contributed by atoms with Crippen molar-refractivity contribution in [2.24, 2.45) is 0 Å². The molecule has 2 aliphatic rings. The van der Waals surface area contributed by atoms with E-state index in [0.29, 0.717) is 6.54 Å². The van der Waals surface area contributed by atoms with Crippen molar-refractivity contribution < 1.29 is 14.3 Å². The van der Waals surface area contributed by atoms with Crippen LogP contribution in [0.25, 0.3) is 0 Å². The Labute approximate surface area is 145 Å². The van der Waals surface area contributed by atoms with Crippen LogP contribution in [0.15, 0.2) is 42.5 Å². The van der Waals surface area contributed by atoms with Gasteiger partial charge >= 0.3 is 0 Å². The zero-order chi connectivity index (χ0) is 16.6. The summed E-state index contributed by atoms with van der Waals surface area (Å²) in [5.41, 5.74) is 1.72. The van der Waals surface area contributed by atoms with E-state index in [0.717, 1.165) is 46.9 Å². The number of benzene rings is 2. The maximum atomic E-state index is 12.7. The predicted octanol–water partition coefficient (Wildman–Crippen LogP) is 3.46. The first kappa shape index (κ1) is 15.3. The van der Waals surface area contributed by atoms with Crippen LogP contribution in [0.1, 0.15) is 24.0 Å². The van der Waals surface area contributed by atoms with E-state index in [4.69, 9.17) is 21.1 Å². The average Bonchev–Trinajstić information content (AvgIpc) is 3.26. The molecule has 124 valence electrons. The molecule has 0 radical (unpaired) electrons. The summed E-state index contributed by atoms with van der Waals surface area (Å²) in [6.07, 6.45) is 2.51. The molecule has 1 aliphatic heterocycles. The molecule has 1 saturated carbocycles. The molecule has 4 rings (SSSR count). The first-order chi connectivity index (χ1) is 11.7. The highest BCUT2D eigenvalue weighted by Crippen LogP contribution is 2.50. The molecular formula is C19H18ClNO3. The summed E-state index contributed by atoms with van der Waals surface area (Å²) in [6.45, 7) is 0.850. The molecule has 1 fully saturated rings. The molecule has 1 heterocycles. The summed E-state index contributed by atoms with van der Waals surface area (Å²) in [7, 11) is 0. The lowest BCUT2D eigenvalue weighted by Crippen LogP contribution is -2.35. The number of carbonyl (C=O) groups is 1. The summed E-state index contributed by atoms with van der Waals surface area (Å²) in [6, 6.07) is 13.5. The van der Waals surface area contributed by atoms with Gasteiger partial charge in [0.2, 0.25) is 12.7 Å². The number of carbonyl (C=O) groups excluding carboxylic acids is 1. The van der Waals surface area contributed by atoms with Crippen LogP contribution in [0.2, 0.25) is 5.02 Å². The quantitative estimate of drug-likeness (QED) is 0.904. The summed E-state index contributed by atoms with van der Waals surface area (Å²) < 4.78 is 10.8. The van der Waals surface area contributed by atoms with Crippen molar-refractivity contribution in [2.45, 2.75) is 24.7 Å². The van der Waals surface area contributed by atoms with Gasteiger partial charge in [-0.1, -0.05) is 29.8 Å². The Morgan fingerprint density at radius 3 is 2.75 bits per heavy atom. The molecule has 4 nitrogen and oxygen atoms in total. The number of amides is 1. The number of rotatable bonds is 5. The van der Waals surface area contributed by atoms with E-state index in [1.165, 1.54) is 0 Å². The van der Waals surface area contributed by atoms with Gasteiger partial charge < -0.3 is 14.8 Å². The second kappa shape index (κ2) is 6.02. The van der Waals surface area contributed by atoms with E-state index in [-0.39, 0.29) is 12.7 Å². The van der Waals surface area contributed by atoms with Crippen molar-refractivity contribution in [2.75, 3.05) is 13.3 Å². The molecule has 0 unspecified atom stereocenters. The summed E-state index contributed by atoms with van der Waals surface area (Å²) in [5, 5.41) is 3.79. The fourth-order valence-corrected chi connectivity index (χ4v) is 3.36. The second-order valence-corrected chi connectivity index (χ2v) is 6.72. The molecule has 0 atom stereocenters. The zero-order valence-electron chi connectivity index (χ0n) is 13.2. The Hall–Kier alpha value is -2.20. The highest BCUT2D eigenvalue weighted by Gasteiger charge is 2.51. The second-order valence-electron chi connectivity index (χ2n) is 6.29. The fraction of sp³-hybridized carbons (Fsp3) is 0.316. The molecule has 2 aromatic carbocycles. The fourth-order valence-electron chi connectivity index (χ4n) is 3.15. The van der Waals surface area contributed by atoms with Gasteiger partial charge in [0.1, 0.15) is 0 Å². The minimum absolute atomic E-state index is 0.0865. The standard InChI is InChI=1S/C19H18ClNO3/c20-15-3-1-2-13(10-15)6-9-21-18(22)19(7-8-19)14-4-5-16-17(11-14)24-12-23-16/h1-5,10-11H,6-9,12H2,(H,21,22). The van der Waals surface area contributed by atoms with Crippen LogP contribution in [0.3, 0.4) is 0 Å². The van der Waals surface area contributed by atoms with Crippen molar-refractivity contribution in [3.05, 3.63) is 58.6 Å². The molecule has 0 saturated heterocycles. The number of fused-ring (bicyclic) bond motifs is 1. The minimum Gasteiger partial charge on any atom is -0.454 e. The number of hydrogen-bond acceptors (Lipinski definition) is 3. The third kappa shape index (κ3) is 2.82. The molecule has 24 heavy (non-hydrogen) atoms. The van der Waals surface area contributed by atoms with Gasteiger partial charge in [0.25, 0.3) is 0 Å². The van der Waals surface area contributed by atoms with Gasteiger partial charge in [0, 0.05) is 11.6 Å². The topological polar surface area (TPSA) is 47.6 Å². The van der Waals surface area contributed by atoms with Crippen LogP contribution in [-0.4, -0.2) is 19.2 Å². The van der Waals surface area contributed by atoms with E-state index in [2.05, 4.69) is 5.32 Å². The van der Waals surface area contributed by atoms with Crippen molar-refractivity contribution in [3.8, 4) is 11.5 Å². The minimum atomic E-state index is -0.407. The van der Waals surface area contributed by atoms with E-state index in [1.807, 2.05) is 42.5 Å². The van der Waals surface area contributed by atoms with Gasteiger partial charge in [-0.05, 0) is 54.7 Å². The number of nitrogens with one attached hydrogen (secondary N) is 1. The van der Waals surface area contributed by atoms with Crippen LogP contribution in [0, 0.1) is 0 Å². The van der Waals surface area contributed by atoms with Crippen LogP contribution in [0.4, 0.5) is 0 Å². The van der Waals surface area contributed by atoms with Gasteiger partial charge in [0.15, 0.2) is 11.5 Å². The van der Waals surface area contributed by atoms with Gasteiger partial charge in [-0.3, -0.25) is 4.79 Å². The highest BCUT2D eigenvalue weighted by molar-refractivity contribution is 6.30. The Morgan fingerprint density at radius 2 is 1.96 bits per heavy atom. The average molecular weight is 344 g/mol. The molecule has 1 amide bonds. The van der Waals surface area contributed by atoms with E-state index < -0.39 is 5.41 Å². The number of halogens is 1. The van der Waals surface area contributed by atoms with E-state index in [9.17, 15) is 4.79 Å². The van der Waals surface area contributed by atoms with E-state index in [1.54, 1.807) is 0 Å². The van der Waals surface area contributed by atoms with Crippen molar-refractivity contribution >= 4 is 17.5 Å². The largest absolute Gasteiger partial charge is 0.454 e. The lowest BCUT2D eigenvalue weighted by Gasteiger charge is -2.16. The molecule has 1 N–H and O–H groups in total. The van der Waals surface area contributed by atoms with Gasteiger partial charge in [-0.2, -0.15) is 0 Å². The Balaban J connectivity index is 1.40. The number of hydrogen-bond donors (Lipinski definition) is 1. The Kier molecular flexibility index (Phi) is 3.85. The van der Waals surface area contributed by atoms with Gasteiger partial charge in [-0.25, -0.2) is 0 Å². The Bertz CT molecular complexity index is 786. The lowest BCUT2D eigenvalue weighted by atomic mass is 9.94. The van der Waals surface area contributed by atoms with E-state index >= 15 is 0 Å². The molecule has 1 aliphatic carbocycles. The normalized spacial score (nSPS) is 16.7. The number of ether oxygens (including phenoxy) is 2. The van der Waals surface area contributed by atoms with Crippen LogP contribution in [0.5, 0.6) is 11.5 Å². The third-order valence-electron chi connectivity index (χ3n) is 4.70. The van der Waals surface area contributed by atoms with Crippen LogP contribution in [-0.2, 0) is 16.6 Å². The monoisotopic (exact) mass is 343 g/mol. The van der Waals surface area contributed by atoms with Crippen LogP contribution < -0.4 is 14.8 Å². The lowest BCUT2D eigenvalue weighted by molar-refractivity contribution is -0.123. The van der Waals surface area contributed by atoms with Crippen LogP contribution >= 0.6 is 11.6 Å². The molecule has 5 heteroatoms. The van der Waals surface area contributed by atoms with Crippen molar-refractivity contribution in [1.29, 1.82) is 0 Å². The molecule has 0 bridgehead atoms. The van der Waals surface area contributed by atoms with Gasteiger partial charge in [-0.15, -0.1) is 0 Å². The maximum Gasteiger partial charge on any atom is 0.231 e. The van der Waals surface area contributed by atoms with Crippen molar-refractivity contribution in [3.63, 3.8) is 0 Å². The SMILES string of the molecule is O=C(NCCc1cccc(Cl)c1)C1(c2ccc3c(c2)OCO3)CC1. The van der Waals surface area contributed by atoms with Crippen molar-refractivity contribution in [1.82, 2.24) is 5.32 Å². The summed E-state index contributed by atoms with van der Waals surface area (Å²) >= 11 is 5.99. The Morgan fingerprint density at radius 1 is 1.12 bits per heavy atom. The molecule has 0 spiro atoms. The summed E-state index contributed by atoms with van der Waals surface area (Å²) in [4.78, 5) is 12.7. The molecular weight excluding hydrogens is 326 g/mol.